The molecule has 0 N–H and O–H groups in total. The lowest BCUT2D eigenvalue weighted by Crippen LogP contribution is -2.30. The fourth-order valence-corrected chi connectivity index (χ4v) is 2.92. The number of hydrogen-bond acceptors (Lipinski definition) is 3. The van der Waals surface area contributed by atoms with Crippen molar-refractivity contribution < 1.29 is 9.53 Å². The molecule has 1 aromatic heterocycles. The average molecular weight is 349 g/mol. The molecule has 1 amide bonds. The van der Waals surface area contributed by atoms with Gasteiger partial charge in [-0.3, -0.25) is 4.79 Å². The molecule has 0 radical (unpaired) electrons. The van der Waals surface area contributed by atoms with Gasteiger partial charge in [-0.15, -0.1) is 0 Å². The lowest BCUT2D eigenvalue weighted by Gasteiger charge is -2.25. The monoisotopic (exact) mass is 349 g/mol. The second-order valence-electron chi connectivity index (χ2n) is 6.26. The first-order valence-electron chi connectivity index (χ1n) is 8.54. The standard InChI is InChI=1S/C21H23N3O2/c1-15(17-10-12-19(26-4)13-11-17)23(3)21(25)20-14-22-24(16(20)2)18-8-6-5-7-9-18/h5-15H,1-4H3. The van der Waals surface area contributed by atoms with Crippen LogP contribution < -0.4 is 4.74 Å². The largest absolute Gasteiger partial charge is 0.497 e. The molecule has 1 atom stereocenters. The molecule has 0 aliphatic heterocycles. The molecule has 0 aliphatic rings. The summed E-state index contributed by atoms with van der Waals surface area (Å²) >= 11 is 0. The quantitative estimate of drug-likeness (QED) is 0.699. The minimum Gasteiger partial charge on any atom is -0.497 e. The molecule has 0 saturated heterocycles. The van der Waals surface area contributed by atoms with Gasteiger partial charge >= 0.3 is 0 Å². The van der Waals surface area contributed by atoms with Gasteiger partial charge in [0.2, 0.25) is 0 Å². The average Bonchev–Trinajstić information content (AvgIpc) is 3.08. The number of carbonyl (C=O) groups is 1. The summed E-state index contributed by atoms with van der Waals surface area (Å²) in [5.41, 5.74) is 3.43. The summed E-state index contributed by atoms with van der Waals surface area (Å²) < 4.78 is 6.99. The number of methoxy groups -OCH3 is 1. The van der Waals surface area contributed by atoms with Crippen LogP contribution in [0.5, 0.6) is 5.75 Å². The molecule has 5 nitrogen and oxygen atoms in total. The van der Waals surface area contributed by atoms with Gasteiger partial charge in [0.05, 0.1) is 36.3 Å². The molecule has 1 unspecified atom stereocenters. The van der Waals surface area contributed by atoms with E-state index in [0.29, 0.717) is 5.56 Å². The molecule has 2 aromatic carbocycles. The Morgan fingerprint density at radius 2 is 1.77 bits per heavy atom. The third-order valence-electron chi connectivity index (χ3n) is 4.74. The maximum Gasteiger partial charge on any atom is 0.257 e. The fourth-order valence-electron chi connectivity index (χ4n) is 2.92. The Morgan fingerprint density at radius 1 is 1.12 bits per heavy atom. The van der Waals surface area contributed by atoms with Crippen LogP contribution in [0, 0.1) is 6.92 Å². The molecule has 3 aromatic rings. The molecular weight excluding hydrogens is 326 g/mol. The van der Waals surface area contributed by atoms with Crippen molar-refractivity contribution in [2.75, 3.05) is 14.2 Å². The van der Waals surface area contributed by atoms with Crippen LogP contribution in [0.25, 0.3) is 5.69 Å². The van der Waals surface area contributed by atoms with Crippen LogP contribution in [0.4, 0.5) is 0 Å². The summed E-state index contributed by atoms with van der Waals surface area (Å²) in [6.45, 7) is 3.93. The van der Waals surface area contributed by atoms with Crippen molar-refractivity contribution >= 4 is 5.91 Å². The predicted octanol–water partition coefficient (Wildman–Crippen LogP) is 4.02. The Labute approximate surface area is 153 Å². The van der Waals surface area contributed by atoms with Gasteiger partial charge < -0.3 is 9.64 Å². The van der Waals surface area contributed by atoms with Crippen LogP contribution in [0.15, 0.2) is 60.8 Å². The van der Waals surface area contributed by atoms with Crippen LogP contribution in [-0.2, 0) is 0 Å². The van der Waals surface area contributed by atoms with Crippen molar-refractivity contribution in [2.45, 2.75) is 19.9 Å². The number of benzene rings is 2. The number of rotatable bonds is 5. The zero-order valence-electron chi connectivity index (χ0n) is 15.5. The Kier molecular flexibility index (Phi) is 5.07. The smallest absolute Gasteiger partial charge is 0.257 e. The number of para-hydroxylation sites is 1. The van der Waals surface area contributed by atoms with E-state index >= 15 is 0 Å². The Hall–Kier alpha value is -3.08. The van der Waals surface area contributed by atoms with Crippen LogP contribution in [0.1, 0.15) is 34.6 Å². The third-order valence-corrected chi connectivity index (χ3v) is 4.74. The second kappa shape index (κ2) is 7.44. The lowest BCUT2D eigenvalue weighted by atomic mass is 10.1. The van der Waals surface area contributed by atoms with Gasteiger partial charge in [0, 0.05) is 7.05 Å². The van der Waals surface area contributed by atoms with Gasteiger partial charge in [-0.2, -0.15) is 5.10 Å². The van der Waals surface area contributed by atoms with E-state index < -0.39 is 0 Å². The fraction of sp³-hybridized carbons (Fsp3) is 0.238. The summed E-state index contributed by atoms with van der Waals surface area (Å²) in [7, 11) is 3.46. The topological polar surface area (TPSA) is 47.4 Å². The highest BCUT2D eigenvalue weighted by Crippen LogP contribution is 2.24. The number of aromatic nitrogens is 2. The van der Waals surface area contributed by atoms with E-state index in [0.717, 1.165) is 22.7 Å². The van der Waals surface area contributed by atoms with Crippen LogP contribution in [0.3, 0.4) is 0 Å². The van der Waals surface area contributed by atoms with Crippen molar-refractivity contribution in [2.24, 2.45) is 0 Å². The van der Waals surface area contributed by atoms with Gasteiger partial charge in [-0.25, -0.2) is 4.68 Å². The van der Waals surface area contributed by atoms with E-state index in [-0.39, 0.29) is 11.9 Å². The predicted molar refractivity (Wildman–Crippen MR) is 102 cm³/mol. The molecule has 5 heteroatoms. The van der Waals surface area contributed by atoms with E-state index in [9.17, 15) is 4.79 Å². The Morgan fingerprint density at radius 3 is 2.38 bits per heavy atom. The van der Waals surface area contributed by atoms with E-state index in [1.807, 2.05) is 75.5 Å². The van der Waals surface area contributed by atoms with Gasteiger partial charge in [0.15, 0.2) is 0 Å². The lowest BCUT2D eigenvalue weighted by molar-refractivity contribution is 0.0742. The molecule has 3 rings (SSSR count). The minimum absolute atomic E-state index is 0.0481. The maximum absolute atomic E-state index is 13.0. The molecule has 1 heterocycles. The van der Waals surface area contributed by atoms with Gasteiger partial charge in [-0.05, 0) is 43.7 Å². The molecule has 0 bridgehead atoms. The molecule has 0 spiro atoms. The highest BCUT2D eigenvalue weighted by Gasteiger charge is 2.23. The van der Waals surface area contributed by atoms with E-state index in [4.69, 9.17) is 4.74 Å². The molecule has 0 fully saturated rings. The van der Waals surface area contributed by atoms with Crippen molar-refractivity contribution in [3.63, 3.8) is 0 Å². The zero-order chi connectivity index (χ0) is 18.7. The summed E-state index contributed by atoms with van der Waals surface area (Å²) in [6.07, 6.45) is 1.64. The SMILES string of the molecule is COc1ccc(C(C)N(C)C(=O)c2cnn(-c3ccccc3)c2C)cc1. The third kappa shape index (κ3) is 3.33. The van der Waals surface area contributed by atoms with E-state index in [2.05, 4.69) is 5.10 Å². The maximum atomic E-state index is 13.0. The summed E-state index contributed by atoms with van der Waals surface area (Å²) in [5.74, 6) is 0.753. The Bertz CT molecular complexity index is 885. The minimum atomic E-state index is -0.0621. The zero-order valence-corrected chi connectivity index (χ0v) is 15.5. The summed E-state index contributed by atoms with van der Waals surface area (Å²) in [5, 5.41) is 4.40. The van der Waals surface area contributed by atoms with Crippen LogP contribution in [0.2, 0.25) is 0 Å². The summed E-state index contributed by atoms with van der Waals surface area (Å²) in [6, 6.07) is 17.5. The van der Waals surface area contributed by atoms with Crippen molar-refractivity contribution in [1.29, 1.82) is 0 Å². The Balaban J connectivity index is 1.83. The van der Waals surface area contributed by atoms with Gasteiger partial charge in [-0.1, -0.05) is 30.3 Å². The second-order valence-corrected chi connectivity index (χ2v) is 6.26. The number of nitrogens with zero attached hydrogens (tertiary/aromatic N) is 3. The first-order valence-corrected chi connectivity index (χ1v) is 8.54. The van der Waals surface area contributed by atoms with E-state index in [1.54, 1.807) is 22.9 Å². The van der Waals surface area contributed by atoms with Gasteiger partial charge in [0.1, 0.15) is 5.75 Å². The number of hydrogen-bond donors (Lipinski definition) is 0. The molecule has 134 valence electrons. The highest BCUT2D eigenvalue weighted by atomic mass is 16.5. The first-order chi connectivity index (χ1) is 12.5. The number of amides is 1. The van der Waals surface area contributed by atoms with Crippen molar-refractivity contribution in [3.05, 3.63) is 77.6 Å². The number of ether oxygens (including phenoxy) is 1. The summed E-state index contributed by atoms with van der Waals surface area (Å²) in [4.78, 5) is 14.7. The molecule has 0 aliphatic carbocycles. The number of carbonyl (C=O) groups excluding carboxylic acids is 1. The van der Waals surface area contributed by atoms with Crippen molar-refractivity contribution in [3.8, 4) is 11.4 Å². The van der Waals surface area contributed by atoms with Gasteiger partial charge in [0.25, 0.3) is 5.91 Å². The first kappa shape index (κ1) is 17.7. The molecular formula is C21H23N3O2. The van der Waals surface area contributed by atoms with Crippen LogP contribution in [-0.4, -0.2) is 34.7 Å². The molecule has 0 saturated carbocycles. The van der Waals surface area contributed by atoms with Crippen LogP contribution >= 0.6 is 0 Å². The van der Waals surface area contributed by atoms with Crippen molar-refractivity contribution in [1.82, 2.24) is 14.7 Å². The molecule has 26 heavy (non-hydrogen) atoms. The highest BCUT2D eigenvalue weighted by molar-refractivity contribution is 5.95. The van der Waals surface area contributed by atoms with E-state index in [1.165, 1.54) is 0 Å². The normalized spacial score (nSPS) is 11.8.